The Hall–Kier alpha value is -0.490. The van der Waals surface area contributed by atoms with Crippen LogP contribution in [0.1, 0.15) is 5.69 Å². The first-order valence-corrected chi connectivity index (χ1v) is 4.72. The van der Waals surface area contributed by atoms with Crippen LogP contribution in [0.3, 0.4) is 0 Å². The zero-order valence-electron chi connectivity index (χ0n) is 6.61. The van der Waals surface area contributed by atoms with Crippen LogP contribution in [-0.2, 0) is 5.88 Å². The van der Waals surface area contributed by atoms with Gasteiger partial charge >= 0.3 is 6.36 Å². The molecule has 0 fully saturated rings. The van der Waals surface area contributed by atoms with Crippen molar-refractivity contribution in [1.29, 1.82) is 0 Å². The highest BCUT2D eigenvalue weighted by Gasteiger charge is 2.32. The van der Waals surface area contributed by atoms with Gasteiger partial charge in [0.25, 0.3) is 0 Å². The lowest BCUT2D eigenvalue weighted by Gasteiger charge is -2.11. The quantitative estimate of drug-likeness (QED) is 0.778. The molecule has 0 atom stereocenters. The monoisotopic (exact) mass is 289 g/mol. The van der Waals surface area contributed by atoms with Crippen LogP contribution < -0.4 is 4.74 Å². The van der Waals surface area contributed by atoms with Crippen LogP contribution in [0.4, 0.5) is 13.2 Å². The van der Waals surface area contributed by atoms with Crippen LogP contribution in [0.15, 0.2) is 16.7 Å². The van der Waals surface area contributed by atoms with Crippen molar-refractivity contribution in [3.05, 3.63) is 22.4 Å². The summed E-state index contributed by atoms with van der Waals surface area (Å²) in [5.41, 5.74) is 0.299. The summed E-state index contributed by atoms with van der Waals surface area (Å²) in [6.45, 7) is 0. The second-order valence-electron chi connectivity index (χ2n) is 2.25. The normalized spacial score (nSPS) is 11.5. The van der Waals surface area contributed by atoms with E-state index in [0.717, 1.165) is 6.07 Å². The number of hydrogen-bond acceptors (Lipinski definition) is 2. The molecule has 0 radical (unpaired) electrons. The van der Waals surface area contributed by atoms with Crippen LogP contribution in [0.2, 0.25) is 0 Å². The molecule has 0 aliphatic rings. The third-order valence-corrected chi connectivity index (χ3v) is 2.38. The number of hydrogen-bond donors (Lipinski definition) is 0. The molecule has 0 saturated heterocycles. The molecule has 0 saturated carbocycles. The molecule has 14 heavy (non-hydrogen) atoms. The number of rotatable bonds is 2. The van der Waals surface area contributed by atoms with E-state index in [2.05, 4.69) is 25.7 Å². The minimum absolute atomic E-state index is 0.00956. The molecule has 0 aromatic carbocycles. The maximum atomic E-state index is 11.9. The summed E-state index contributed by atoms with van der Waals surface area (Å²) in [5, 5.41) is 0. The number of aromatic nitrogens is 1. The number of alkyl halides is 4. The largest absolute Gasteiger partial charge is 0.573 e. The molecule has 1 heterocycles. The van der Waals surface area contributed by atoms with Crippen molar-refractivity contribution in [3.8, 4) is 5.75 Å². The van der Waals surface area contributed by atoms with Crippen LogP contribution in [0.5, 0.6) is 5.75 Å². The molecule has 7 heteroatoms. The van der Waals surface area contributed by atoms with E-state index in [1.807, 2.05) is 0 Å². The minimum Gasteiger partial charge on any atom is -0.404 e. The molecule has 0 N–H and O–H groups in total. The van der Waals surface area contributed by atoms with Gasteiger partial charge in [0.2, 0.25) is 0 Å². The summed E-state index contributed by atoms with van der Waals surface area (Å²) in [4.78, 5) is 3.76. The molecule has 0 spiro atoms. The smallest absolute Gasteiger partial charge is 0.404 e. The second kappa shape index (κ2) is 4.35. The van der Waals surface area contributed by atoms with Gasteiger partial charge in [-0.3, -0.25) is 4.98 Å². The van der Waals surface area contributed by atoms with Gasteiger partial charge < -0.3 is 4.74 Å². The predicted molar refractivity (Wildman–Crippen MR) is 48.2 cm³/mol. The second-order valence-corrected chi connectivity index (χ2v) is 3.31. The minimum atomic E-state index is -4.71. The highest BCUT2D eigenvalue weighted by molar-refractivity contribution is 9.10. The van der Waals surface area contributed by atoms with Gasteiger partial charge in [-0.15, -0.1) is 24.8 Å². The van der Waals surface area contributed by atoms with Crippen molar-refractivity contribution in [2.45, 2.75) is 12.2 Å². The molecule has 0 aliphatic carbocycles. The van der Waals surface area contributed by atoms with Gasteiger partial charge in [0.15, 0.2) is 0 Å². The molecule has 1 aromatic rings. The molecule has 1 rings (SSSR count). The van der Waals surface area contributed by atoms with Gasteiger partial charge in [-0.2, -0.15) is 0 Å². The average Bonchev–Trinajstić information content (AvgIpc) is 2.06. The van der Waals surface area contributed by atoms with Gasteiger partial charge in [0.05, 0.1) is 16.0 Å². The number of halogens is 5. The molecular formula is C7H4BrClF3NO. The van der Waals surface area contributed by atoms with Crippen LogP contribution in [0.25, 0.3) is 0 Å². The lowest BCUT2D eigenvalue weighted by molar-refractivity contribution is -0.274. The number of pyridine rings is 1. The van der Waals surface area contributed by atoms with E-state index in [4.69, 9.17) is 11.6 Å². The highest BCUT2D eigenvalue weighted by atomic mass is 79.9. The molecule has 0 amide bonds. The maximum absolute atomic E-state index is 11.9. The van der Waals surface area contributed by atoms with Crippen molar-refractivity contribution in [2.75, 3.05) is 0 Å². The first kappa shape index (κ1) is 11.6. The first-order valence-electron chi connectivity index (χ1n) is 3.39. The fraction of sp³-hybridized carbons (Fsp3) is 0.286. The van der Waals surface area contributed by atoms with E-state index >= 15 is 0 Å². The molecule has 0 unspecified atom stereocenters. The summed E-state index contributed by atoms with van der Waals surface area (Å²) in [6.07, 6.45) is -3.52. The maximum Gasteiger partial charge on any atom is 0.573 e. The Morgan fingerprint density at radius 1 is 1.50 bits per heavy atom. The lowest BCUT2D eigenvalue weighted by atomic mass is 10.3. The van der Waals surface area contributed by atoms with E-state index < -0.39 is 6.36 Å². The Labute approximate surface area is 91.2 Å². The van der Waals surface area contributed by atoms with Crippen LogP contribution in [0, 0.1) is 0 Å². The van der Waals surface area contributed by atoms with Crippen LogP contribution >= 0.6 is 27.5 Å². The zero-order chi connectivity index (χ0) is 10.8. The third kappa shape index (κ3) is 3.02. The molecule has 78 valence electrons. The number of nitrogens with zero attached hydrogens (tertiary/aromatic N) is 1. The summed E-state index contributed by atoms with van der Waals surface area (Å²) in [5.74, 6) is -0.335. The van der Waals surface area contributed by atoms with Crippen molar-refractivity contribution >= 4 is 27.5 Å². The fourth-order valence-electron chi connectivity index (χ4n) is 0.764. The van der Waals surface area contributed by atoms with Gasteiger partial charge in [-0.05, 0) is 15.9 Å². The first-order chi connectivity index (χ1) is 6.44. The van der Waals surface area contributed by atoms with Gasteiger partial charge in [0, 0.05) is 12.3 Å². The highest BCUT2D eigenvalue weighted by Crippen LogP contribution is 2.32. The van der Waals surface area contributed by atoms with Crippen molar-refractivity contribution < 1.29 is 17.9 Å². The molecule has 0 bridgehead atoms. The van der Waals surface area contributed by atoms with Gasteiger partial charge in [0.1, 0.15) is 5.75 Å². The van der Waals surface area contributed by atoms with E-state index in [1.54, 1.807) is 0 Å². The molecule has 1 aromatic heterocycles. The Kier molecular flexibility index (Phi) is 3.60. The fourth-order valence-corrected chi connectivity index (χ4v) is 1.58. The lowest BCUT2D eigenvalue weighted by Crippen LogP contribution is -2.17. The van der Waals surface area contributed by atoms with E-state index in [1.165, 1.54) is 6.20 Å². The van der Waals surface area contributed by atoms with E-state index in [9.17, 15) is 13.2 Å². The topological polar surface area (TPSA) is 22.1 Å². The van der Waals surface area contributed by atoms with Crippen molar-refractivity contribution in [3.63, 3.8) is 0 Å². The van der Waals surface area contributed by atoms with Crippen LogP contribution in [-0.4, -0.2) is 11.3 Å². The third-order valence-electron chi connectivity index (χ3n) is 1.28. The Morgan fingerprint density at radius 2 is 2.14 bits per heavy atom. The Balaban J connectivity index is 2.98. The average molecular weight is 290 g/mol. The predicted octanol–water partition coefficient (Wildman–Crippen LogP) is 3.48. The summed E-state index contributed by atoms with van der Waals surface area (Å²) in [7, 11) is 0. The molecule has 0 aliphatic heterocycles. The van der Waals surface area contributed by atoms with Crippen molar-refractivity contribution in [2.24, 2.45) is 0 Å². The van der Waals surface area contributed by atoms with Crippen molar-refractivity contribution in [1.82, 2.24) is 4.98 Å². The zero-order valence-corrected chi connectivity index (χ0v) is 8.95. The summed E-state index contributed by atoms with van der Waals surface area (Å²) < 4.78 is 39.4. The summed E-state index contributed by atoms with van der Waals surface area (Å²) in [6, 6.07) is 1.10. The van der Waals surface area contributed by atoms with Gasteiger partial charge in [-0.25, -0.2) is 0 Å². The molecular weight excluding hydrogens is 286 g/mol. The van der Waals surface area contributed by atoms with Gasteiger partial charge in [-0.1, -0.05) is 0 Å². The Bertz CT molecular complexity index is 331. The van der Waals surface area contributed by atoms with E-state index in [-0.39, 0.29) is 16.1 Å². The molecule has 2 nitrogen and oxygen atoms in total. The summed E-state index contributed by atoms with van der Waals surface area (Å²) >= 11 is 8.37. The standard InChI is InChI=1S/C7H4BrClF3NO/c8-6-4(3-9)13-2-1-5(6)14-7(10,11)12/h1-2H,3H2. The van der Waals surface area contributed by atoms with E-state index in [0.29, 0.717) is 5.69 Å². The number of ether oxygens (including phenoxy) is 1. The Morgan fingerprint density at radius 3 is 2.64 bits per heavy atom. The SMILES string of the molecule is FC(F)(F)Oc1ccnc(CCl)c1Br.